The van der Waals surface area contributed by atoms with Crippen molar-refractivity contribution >= 4 is 17.8 Å². The van der Waals surface area contributed by atoms with Crippen LogP contribution in [0.4, 0.5) is 4.79 Å². The Morgan fingerprint density at radius 2 is 1.89 bits per heavy atom. The van der Waals surface area contributed by atoms with Crippen LogP contribution in [0.1, 0.15) is 18.9 Å². The monoisotopic (exact) mass is 265 g/mol. The number of rotatable bonds is 6. The van der Waals surface area contributed by atoms with Gasteiger partial charge in [0.15, 0.2) is 5.78 Å². The van der Waals surface area contributed by atoms with E-state index in [1.165, 1.54) is 6.92 Å². The summed E-state index contributed by atoms with van der Waals surface area (Å²) >= 11 is 0. The maximum Gasteiger partial charge on any atom is 0.408 e. The van der Waals surface area contributed by atoms with Gasteiger partial charge in [-0.2, -0.15) is 0 Å². The number of carbonyl (C=O) groups is 3. The number of carbonyl (C=O) groups excluding carboxylic acids is 2. The molecule has 0 saturated heterocycles. The van der Waals surface area contributed by atoms with E-state index in [4.69, 9.17) is 9.84 Å². The largest absolute Gasteiger partial charge is 0.481 e. The van der Waals surface area contributed by atoms with Crippen molar-refractivity contribution in [1.29, 1.82) is 0 Å². The van der Waals surface area contributed by atoms with E-state index in [0.29, 0.717) is 0 Å². The molecule has 0 saturated carbocycles. The van der Waals surface area contributed by atoms with Crippen molar-refractivity contribution in [2.45, 2.75) is 26.0 Å². The number of ketones is 1. The van der Waals surface area contributed by atoms with E-state index in [1.54, 1.807) is 12.1 Å². The van der Waals surface area contributed by atoms with Gasteiger partial charge in [0.05, 0.1) is 6.04 Å². The van der Waals surface area contributed by atoms with Crippen molar-refractivity contribution in [3.05, 3.63) is 35.9 Å². The van der Waals surface area contributed by atoms with Crippen LogP contribution >= 0.6 is 0 Å². The Morgan fingerprint density at radius 1 is 1.26 bits per heavy atom. The van der Waals surface area contributed by atoms with Gasteiger partial charge in [0.1, 0.15) is 13.0 Å². The predicted molar refractivity (Wildman–Crippen MR) is 66.5 cm³/mol. The molecule has 1 aromatic carbocycles. The van der Waals surface area contributed by atoms with Crippen molar-refractivity contribution in [2.24, 2.45) is 0 Å². The highest BCUT2D eigenvalue weighted by atomic mass is 16.5. The first kappa shape index (κ1) is 14.7. The van der Waals surface area contributed by atoms with Crippen LogP contribution in [0.2, 0.25) is 0 Å². The molecule has 0 bridgehead atoms. The summed E-state index contributed by atoms with van der Waals surface area (Å²) in [6.45, 7) is 1.50. The lowest BCUT2D eigenvalue weighted by atomic mass is 10.1. The third-order valence-corrected chi connectivity index (χ3v) is 2.36. The van der Waals surface area contributed by atoms with Crippen LogP contribution < -0.4 is 5.32 Å². The highest BCUT2D eigenvalue weighted by Crippen LogP contribution is 2.01. The second-order valence-electron chi connectivity index (χ2n) is 3.96. The Balaban J connectivity index is 2.35. The zero-order valence-corrected chi connectivity index (χ0v) is 10.5. The lowest BCUT2D eigenvalue weighted by Gasteiger charge is -2.12. The van der Waals surface area contributed by atoms with Crippen LogP contribution in [-0.4, -0.2) is 29.0 Å². The van der Waals surface area contributed by atoms with E-state index in [-0.39, 0.29) is 6.61 Å². The number of alkyl carbamates (subject to hydrolysis) is 1. The number of amides is 1. The number of benzene rings is 1. The van der Waals surface area contributed by atoms with Gasteiger partial charge in [0.2, 0.25) is 0 Å². The van der Waals surface area contributed by atoms with Gasteiger partial charge in [-0.25, -0.2) is 4.79 Å². The molecule has 6 heteroatoms. The number of carboxylic acid groups (broad SMARTS) is 1. The van der Waals surface area contributed by atoms with Crippen LogP contribution in [0, 0.1) is 0 Å². The molecule has 0 aliphatic carbocycles. The summed E-state index contributed by atoms with van der Waals surface area (Å²) in [5.74, 6) is -1.81. The highest BCUT2D eigenvalue weighted by molar-refractivity contribution is 5.98. The minimum atomic E-state index is -1.23. The SMILES string of the molecule is C[C@H](NC(=O)OCc1ccccc1)C(=O)CC(=O)O. The summed E-state index contributed by atoms with van der Waals surface area (Å²) in [5, 5.41) is 10.7. The van der Waals surface area contributed by atoms with Gasteiger partial charge in [-0.1, -0.05) is 30.3 Å². The molecule has 19 heavy (non-hydrogen) atoms. The molecule has 0 radical (unpaired) electrons. The summed E-state index contributed by atoms with van der Waals surface area (Å²) in [5.41, 5.74) is 0.821. The van der Waals surface area contributed by atoms with Crippen LogP contribution in [0.25, 0.3) is 0 Å². The summed E-state index contributed by atoms with van der Waals surface area (Å²) in [4.78, 5) is 33.0. The van der Waals surface area contributed by atoms with E-state index in [0.717, 1.165) is 5.56 Å². The van der Waals surface area contributed by atoms with Crippen LogP contribution in [0.5, 0.6) is 0 Å². The first-order chi connectivity index (χ1) is 8.99. The number of Topliss-reactive ketones (excluding diaryl/α,β-unsaturated/α-hetero) is 1. The number of nitrogens with one attached hydrogen (secondary N) is 1. The summed E-state index contributed by atoms with van der Waals surface area (Å²) in [6.07, 6.45) is -1.38. The number of aliphatic carboxylic acids is 1. The molecule has 0 spiro atoms. The zero-order chi connectivity index (χ0) is 14.3. The van der Waals surface area contributed by atoms with Crippen LogP contribution in [0.15, 0.2) is 30.3 Å². The van der Waals surface area contributed by atoms with E-state index < -0.39 is 30.3 Å². The lowest BCUT2D eigenvalue weighted by molar-refractivity contribution is -0.140. The maximum absolute atomic E-state index is 11.4. The standard InChI is InChI=1S/C13H15NO5/c1-9(11(15)7-12(16)17)14-13(18)19-8-10-5-3-2-4-6-10/h2-6,9H,7-8H2,1H3,(H,14,18)(H,16,17)/t9-/m0/s1. The molecule has 102 valence electrons. The lowest BCUT2D eigenvalue weighted by Crippen LogP contribution is -2.39. The first-order valence-electron chi connectivity index (χ1n) is 5.70. The molecule has 0 unspecified atom stereocenters. The van der Waals surface area contributed by atoms with Crippen molar-refractivity contribution in [2.75, 3.05) is 0 Å². The molecule has 0 heterocycles. The molecule has 0 aliphatic heterocycles. The van der Waals surface area contributed by atoms with Gasteiger partial charge in [0.25, 0.3) is 0 Å². The van der Waals surface area contributed by atoms with E-state index in [1.807, 2.05) is 18.2 Å². The number of hydrogen-bond donors (Lipinski definition) is 2. The fraction of sp³-hybridized carbons (Fsp3) is 0.308. The quantitative estimate of drug-likeness (QED) is 0.757. The molecule has 1 rings (SSSR count). The molecule has 1 amide bonds. The van der Waals surface area contributed by atoms with Crippen LogP contribution in [-0.2, 0) is 20.9 Å². The molecular formula is C13H15NO5. The normalized spacial score (nSPS) is 11.4. The van der Waals surface area contributed by atoms with Gasteiger partial charge in [-0.05, 0) is 12.5 Å². The Morgan fingerprint density at radius 3 is 2.47 bits per heavy atom. The first-order valence-corrected chi connectivity index (χ1v) is 5.70. The molecule has 2 N–H and O–H groups in total. The van der Waals surface area contributed by atoms with Gasteiger partial charge in [-0.3, -0.25) is 9.59 Å². The Hall–Kier alpha value is -2.37. The van der Waals surface area contributed by atoms with Crippen molar-refractivity contribution in [3.63, 3.8) is 0 Å². The Kier molecular flexibility index (Phi) is 5.53. The van der Waals surface area contributed by atoms with E-state index in [9.17, 15) is 14.4 Å². The highest BCUT2D eigenvalue weighted by Gasteiger charge is 2.18. The minimum absolute atomic E-state index is 0.0898. The summed E-state index contributed by atoms with van der Waals surface area (Å²) in [6, 6.07) is 8.18. The average Bonchev–Trinajstić information content (AvgIpc) is 2.36. The zero-order valence-electron chi connectivity index (χ0n) is 10.5. The number of carboxylic acids is 1. The van der Waals surface area contributed by atoms with Gasteiger partial charge < -0.3 is 15.2 Å². The Labute approximate surface area is 110 Å². The second kappa shape index (κ2) is 7.15. The van der Waals surface area contributed by atoms with E-state index in [2.05, 4.69) is 5.32 Å². The molecule has 0 fully saturated rings. The minimum Gasteiger partial charge on any atom is -0.481 e. The third-order valence-electron chi connectivity index (χ3n) is 2.36. The van der Waals surface area contributed by atoms with Gasteiger partial charge in [0, 0.05) is 0 Å². The second-order valence-corrected chi connectivity index (χ2v) is 3.96. The third kappa shape index (κ3) is 5.67. The molecular weight excluding hydrogens is 250 g/mol. The summed E-state index contributed by atoms with van der Waals surface area (Å²) < 4.78 is 4.90. The van der Waals surface area contributed by atoms with Crippen LogP contribution in [0.3, 0.4) is 0 Å². The van der Waals surface area contributed by atoms with Crippen molar-refractivity contribution < 1.29 is 24.2 Å². The molecule has 1 atom stereocenters. The molecule has 0 aromatic heterocycles. The summed E-state index contributed by atoms with van der Waals surface area (Å²) in [7, 11) is 0. The fourth-order valence-electron chi connectivity index (χ4n) is 1.32. The van der Waals surface area contributed by atoms with Gasteiger partial charge in [-0.15, -0.1) is 0 Å². The number of hydrogen-bond acceptors (Lipinski definition) is 4. The van der Waals surface area contributed by atoms with Crippen molar-refractivity contribution in [1.82, 2.24) is 5.32 Å². The number of ether oxygens (including phenoxy) is 1. The van der Waals surface area contributed by atoms with Gasteiger partial charge >= 0.3 is 12.1 Å². The van der Waals surface area contributed by atoms with E-state index >= 15 is 0 Å². The molecule has 1 aromatic rings. The smallest absolute Gasteiger partial charge is 0.408 e. The molecule has 0 aliphatic rings. The topological polar surface area (TPSA) is 92.7 Å². The predicted octanol–water partition coefficient (Wildman–Crippen LogP) is 1.35. The average molecular weight is 265 g/mol. The molecule has 6 nitrogen and oxygen atoms in total. The van der Waals surface area contributed by atoms with Crippen molar-refractivity contribution in [3.8, 4) is 0 Å². The fourth-order valence-corrected chi connectivity index (χ4v) is 1.32. The maximum atomic E-state index is 11.4. The Bertz CT molecular complexity index is 457.